The number of thiazole rings is 1. The van der Waals surface area contributed by atoms with Crippen molar-refractivity contribution in [1.29, 1.82) is 5.26 Å². The van der Waals surface area contributed by atoms with Gasteiger partial charge in [0.1, 0.15) is 16.8 Å². The van der Waals surface area contributed by atoms with Crippen molar-refractivity contribution in [2.45, 2.75) is 19.5 Å². The number of halogens is 3. The lowest BCUT2D eigenvalue weighted by atomic mass is 10.1. The Morgan fingerprint density at radius 3 is 2.46 bits per heavy atom. The zero-order valence-corrected chi connectivity index (χ0v) is 13.2. The maximum absolute atomic E-state index is 12.7. The van der Waals surface area contributed by atoms with Crippen molar-refractivity contribution >= 4 is 11.3 Å². The maximum atomic E-state index is 12.7. The average Bonchev–Trinajstić information content (AvgIpc) is 3.20. The first kappa shape index (κ1) is 16.1. The summed E-state index contributed by atoms with van der Waals surface area (Å²) >= 11 is 1.36. The molecular weight excluding hydrogens is 339 g/mol. The number of alkyl halides is 3. The highest BCUT2D eigenvalue weighted by molar-refractivity contribution is 7.15. The van der Waals surface area contributed by atoms with E-state index in [1.165, 1.54) is 23.5 Å². The molecule has 3 aromatic rings. The molecule has 0 fully saturated rings. The van der Waals surface area contributed by atoms with E-state index in [2.05, 4.69) is 20.4 Å². The second-order valence-electron chi connectivity index (χ2n) is 4.85. The van der Waals surface area contributed by atoms with E-state index in [9.17, 15) is 13.2 Å². The summed E-state index contributed by atoms with van der Waals surface area (Å²) in [4.78, 5) is 5.34. The van der Waals surface area contributed by atoms with Crippen LogP contribution in [-0.4, -0.2) is 20.4 Å². The Balaban J connectivity index is 2.03. The standard InChI is InChI=1S/C15H10F3N5S/c1-2-11-13(12-10(7-19)21-23-22-12)20-14(24-11)8-3-5-9(6-4-8)15(16,17)18/h3-6H,2H2,1H3,(H,21,22,23). The summed E-state index contributed by atoms with van der Waals surface area (Å²) < 4.78 is 38.0. The fraction of sp³-hybridized carbons (Fsp3) is 0.200. The lowest BCUT2D eigenvalue weighted by molar-refractivity contribution is -0.137. The zero-order valence-electron chi connectivity index (χ0n) is 12.3. The smallest absolute Gasteiger partial charge is 0.234 e. The van der Waals surface area contributed by atoms with Crippen LogP contribution in [0.5, 0.6) is 0 Å². The van der Waals surface area contributed by atoms with Crippen molar-refractivity contribution < 1.29 is 13.2 Å². The molecule has 0 aliphatic heterocycles. The van der Waals surface area contributed by atoms with E-state index in [1.807, 2.05) is 13.0 Å². The van der Waals surface area contributed by atoms with Crippen LogP contribution in [-0.2, 0) is 12.6 Å². The number of aromatic amines is 1. The average molecular weight is 349 g/mol. The third-order valence-corrected chi connectivity index (χ3v) is 4.60. The molecule has 0 amide bonds. The molecule has 5 nitrogen and oxygen atoms in total. The van der Waals surface area contributed by atoms with E-state index in [1.54, 1.807) is 0 Å². The summed E-state index contributed by atoms with van der Waals surface area (Å²) in [6, 6.07) is 6.76. The van der Waals surface area contributed by atoms with Gasteiger partial charge in [-0.2, -0.15) is 28.7 Å². The van der Waals surface area contributed by atoms with Gasteiger partial charge in [-0.3, -0.25) is 0 Å². The molecule has 0 bridgehead atoms. The van der Waals surface area contributed by atoms with Crippen molar-refractivity contribution in [2.24, 2.45) is 0 Å². The highest BCUT2D eigenvalue weighted by atomic mass is 32.1. The summed E-state index contributed by atoms with van der Waals surface area (Å²) in [7, 11) is 0. The van der Waals surface area contributed by atoms with Crippen molar-refractivity contribution in [3.8, 4) is 28.0 Å². The van der Waals surface area contributed by atoms with Crippen LogP contribution in [0.15, 0.2) is 24.3 Å². The predicted octanol–water partition coefficient (Wildman–Crippen LogP) is 4.05. The highest BCUT2D eigenvalue weighted by Gasteiger charge is 2.30. The number of benzene rings is 1. The molecule has 2 aromatic heterocycles. The van der Waals surface area contributed by atoms with E-state index in [0.29, 0.717) is 28.4 Å². The van der Waals surface area contributed by atoms with Crippen LogP contribution in [0.4, 0.5) is 13.2 Å². The first-order chi connectivity index (χ1) is 11.4. The molecule has 1 N–H and O–H groups in total. The van der Waals surface area contributed by atoms with Crippen molar-refractivity contribution in [3.05, 3.63) is 40.4 Å². The van der Waals surface area contributed by atoms with Crippen LogP contribution in [0.1, 0.15) is 23.1 Å². The molecule has 2 heterocycles. The Kier molecular flexibility index (Phi) is 4.07. The third kappa shape index (κ3) is 2.88. The minimum absolute atomic E-state index is 0.133. The largest absolute Gasteiger partial charge is 0.416 e. The van der Waals surface area contributed by atoms with Crippen LogP contribution in [0, 0.1) is 11.3 Å². The quantitative estimate of drug-likeness (QED) is 0.774. The van der Waals surface area contributed by atoms with Gasteiger partial charge in [-0.1, -0.05) is 19.1 Å². The lowest BCUT2D eigenvalue weighted by Gasteiger charge is -2.06. The second kappa shape index (κ2) is 6.05. The number of nitrogens with one attached hydrogen (secondary N) is 1. The Bertz CT molecular complexity index is 903. The SMILES string of the molecule is CCc1sc(-c2ccc(C(F)(F)F)cc2)nc1-c1n[nH]nc1C#N. The number of rotatable bonds is 3. The van der Waals surface area contributed by atoms with E-state index in [0.717, 1.165) is 17.0 Å². The van der Waals surface area contributed by atoms with Crippen molar-refractivity contribution in [3.63, 3.8) is 0 Å². The van der Waals surface area contributed by atoms with Crippen LogP contribution in [0.2, 0.25) is 0 Å². The van der Waals surface area contributed by atoms with Gasteiger partial charge in [0.15, 0.2) is 11.4 Å². The number of aromatic nitrogens is 4. The van der Waals surface area contributed by atoms with Gasteiger partial charge >= 0.3 is 6.18 Å². The van der Waals surface area contributed by atoms with Gasteiger partial charge in [-0.05, 0) is 18.6 Å². The normalized spacial score (nSPS) is 11.5. The van der Waals surface area contributed by atoms with Gasteiger partial charge in [0.05, 0.1) is 5.56 Å². The number of H-pyrrole nitrogens is 1. The monoisotopic (exact) mass is 349 g/mol. The summed E-state index contributed by atoms with van der Waals surface area (Å²) in [5.41, 5.74) is 0.887. The van der Waals surface area contributed by atoms with Gasteiger partial charge in [0.25, 0.3) is 0 Å². The molecule has 3 rings (SSSR count). The number of hydrogen-bond acceptors (Lipinski definition) is 5. The third-order valence-electron chi connectivity index (χ3n) is 3.36. The van der Waals surface area contributed by atoms with E-state index in [4.69, 9.17) is 5.26 Å². The molecule has 9 heteroatoms. The Morgan fingerprint density at radius 1 is 1.17 bits per heavy atom. The summed E-state index contributed by atoms with van der Waals surface area (Å²) in [6.07, 6.45) is -3.71. The van der Waals surface area contributed by atoms with Crippen molar-refractivity contribution in [1.82, 2.24) is 20.4 Å². The van der Waals surface area contributed by atoms with Gasteiger partial charge in [-0.25, -0.2) is 4.98 Å². The number of aryl methyl sites for hydroxylation is 1. The lowest BCUT2D eigenvalue weighted by Crippen LogP contribution is -2.03. The molecule has 0 saturated heterocycles. The molecule has 0 aliphatic carbocycles. The van der Waals surface area contributed by atoms with Crippen molar-refractivity contribution in [2.75, 3.05) is 0 Å². The van der Waals surface area contributed by atoms with Gasteiger partial charge in [0, 0.05) is 10.4 Å². The number of nitrogens with zero attached hydrogens (tertiary/aromatic N) is 4. The highest BCUT2D eigenvalue weighted by Crippen LogP contribution is 2.36. The first-order valence-electron chi connectivity index (χ1n) is 6.92. The number of nitriles is 1. The van der Waals surface area contributed by atoms with Crippen LogP contribution in [0.3, 0.4) is 0 Å². The van der Waals surface area contributed by atoms with E-state index >= 15 is 0 Å². The minimum Gasteiger partial charge on any atom is -0.234 e. The van der Waals surface area contributed by atoms with Gasteiger partial charge < -0.3 is 0 Å². The molecule has 0 radical (unpaired) electrons. The maximum Gasteiger partial charge on any atom is 0.416 e. The fourth-order valence-electron chi connectivity index (χ4n) is 2.18. The Morgan fingerprint density at radius 2 is 1.88 bits per heavy atom. The second-order valence-corrected chi connectivity index (χ2v) is 5.94. The van der Waals surface area contributed by atoms with Gasteiger partial charge in [0.2, 0.25) is 0 Å². The van der Waals surface area contributed by atoms with Crippen LogP contribution >= 0.6 is 11.3 Å². The van der Waals surface area contributed by atoms with E-state index < -0.39 is 11.7 Å². The Labute approximate surface area is 138 Å². The summed E-state index contributed by atoms with van der Waals surface area (Å²) in [5, 5.41) is 19.7. The van der Waals surface area contributed by atoms with Crippen LogP contribution < -0.4 is 0 Å². The minimum atomic E-state index is -4.37. The molecule has 0 atom stereocenters. The number of hydrogen-bond donors (Lipinski definition) is 1. The van der Waals surface area contributed by atoms with Gasteiger partial charge in [-0.15, -0.1) is 16.4 Å². The fourth-order valence-corrected chi connectivity index (χ4v) is 3.18. The summed E-state index contributed by atoms with van der Waals surface area (Å²) in [6.45, 7) is 1.93. The molecule has 0 saturated carbocycles. The first-order valence-corrected chi connectivity index (χ1v) is 7.74. The zero-order chi connectivity index (χ0) is 17.3. The molecule has 122 valence electrons. The molecule has 0 unspecified atom stereocenters. The molecule has 1 aromatic carbocycles. The molecule has 0 aliphatic rings. The topological polar surface area (TPSA) is 78.2 Å². The molecular formula is C15H10F3N5S. The Hall–Kier alpha value is -2.73. The molecule has 0 spiro atoms. The molecule has 24 heavy (non-hydrogen) atoms. The summed E-state index contributed by atoms with van der Waals surface area (Å²) in [5.74, 6) is 0. The van der Waals surface area contributed by atoms with E-state index in [-0.39, 0.29) is 5.69 Å². The predicted molar refractivity (Wildman–Crippen MR) is 82.0 cm³/mol. The van der Waals surface area contributed by atoms with Crippen LogP contribution in [0.25, 0.3) is 22.0 Å².